The normalized spacial score (nSPS) is 19.9. The molecule has 15 heavy (non-hydrogen) atoms. The van der Waals surface area contributed by atoms with Crippen LogP contribution in [0.3, 0.4) is 0 Å². The van der Waals surface area contributed by atoms with Crippen LogP contribution in [-0.4, -0.2) is 11.8 Å². The van der Waals surface area contributed by atoms with E-state index in [1.54, 1.807) is 13.8 Å². The Bertz CT molecular complexity index is 219. The molecule has 0 saturated carbocycles. The van der Waals surface area contributed by atoms with Crippen molar-refractivity contribution in [2.24, 2.45) is 5.92 Å². The lowest BCUT2D eigenvalue weighted by Gasteiger charge is -2.25. The first-order chi connectivity index (χ1) is 6.85. The largest absolute Gasteiger partial charge is 0.370 e. The predicted molar refractivity (Wildman–Crippen MR) is 63.1 cm³/mol. The highest BCUT2D eigenvalue weighted by molar-refractivity contribution is 7.54. The minimum Gasteiger partial charge on any atom is -0.302 e. The molecule has 3 atom stereocenters. The Balaban J connectivity index is 4.38. The van der Waals surface area contributed by atoms with Gasteiger partial charge in [-0.1, -0.05) is 41.0 Å². The molecule has 0 N–H and O–H groups in total. The summed E-state index contributed by atoms with van der Waals surface area (Å²) in [6.07, 6.45) is 2.51. The lowest BCUT2D eigenvalue weighted by Crippen LogP contribution is -2.20. The molecule has 0 radical (unpaired) electrons. The maximum absolute atomic E-state index is 13.6. The van der Waals surface area contributed by atoms with Gasteiger partial charge >= 0.3 is 7.68 Å². The fourth-order valence-corrected chi connectivity index (χ4v) is 2.50. The maximum Gasteiger partial charge on any atom is 0.370 e. The summed E-state index contributed by atoms with van der Waals surface area (Å²) < 4.78 is 30.2. The highest BCUT2D eigenvalue weighted by atomic mass is 31.2. The van der Waals surface area contributed by atoms with Crippen LogP contribution in [-0.2, 0) is 9.09 Å². The van der Waals surface area contributed by atoms with Crippen molar-refractivity contribution in [1.29, 1.82) is 0 Å². The summed E-state index contributed by atoms with van der Waals surface area (Å²) in [7, 11) is -3.91. The third-order valence-electron chi connectivity index (χ3n) is 2.68. The summed E-state index contributed by atoms with van der Waals surface area (Å²) >= 11 is 0. The van der Waals surface area contributed by atoms with E-state index in [-0.39, 0.29) is 12.0 Å². The molecule has 0 aromatic heterocycles. The zero-order valence-corrected chi connectivity index (χ0v) is 11.4. The number of rotatable bonds is 7. The molecular formula is C11H24FO2P. The zero-order valence-electron chi connectivity index (χ0n) is 10.5. The smallest absolute Gasteiger partial charge is 0.302 e. The third kappa shape index (κ3) is 5.12. The monoisotopic (exact) mass is 238 g/mol. The molecule has 3 unspecified atom stereocenters. The van der Waals surface area contributed by atoms with E-state index in [1.807, 2.05) is 13.8 Å². The van der Waals surface area contributed by atoms with Gasteiger partial charge in [0, 0.05) is 0 Å². The van der Waals surface area contributed by atoms with Crippen LogP contribution in [0.4, 0.5) is 4.20 Å². The van der Waals surface area contributed by atoms with E-state index in [0.29, 0.717) is 6.42 Å². The van der Waals surface area contributed by atoms with Crippen LogP contribution < -0.4 is 0 Å². The minimum absolute atomic E-state index is 0.219. The van der Waals surface area contributed by atoms with Crippen LogP contribution in [0.5, 0.6) is 0 Å². The van der Waals surface area contributed by atoms with Crippen molar-refractivity contribution in [2.75, 3.05) is 0 Å². The predicted octanol–water partition coefficient (Wildman–Crippen LogP) is 4.79. The third-order valence-corrected chi connectivity index (χ3v) is 4.47. The van der Waals surface area contributed by atoms with E-state index in [9.17, 15) is 8.76 Å². The Kier molecular flexibility index (Phi) is 6.70. The van der Waals surface area contributed by atoms with Crippen molar-refractivity contribution in [2.45, 2.75) is 65.6 Å². The lowest BCUT2D eigenvalue weighted by molar-refractivity contribution is 0.122. The van der Waals surface area contributed by atoms with Crippen LogP contribution >= 0.6 is 7.68 Å². The Hall–Kier alpha value is 0.120. The van der Waals surface area contributed by atoms with Gasteiger partial charge in [-0.25, -0.2) is 0 Å². The van der Waals surface area contributed by atoms with Gasteiger partial charge in [-0.3, -0.25) is 4.57 Å². The van der Waals surface area contributed by atoms with Crippen molar-refractivity contribution < 1.29 is 13.3 Å². The summed E-state index contributed by atoms with van der Waals surface area (Å²) in [5, 5.41) is 0. The Morgan fingerprint density at radius 2 is 1.80 bits per heavy atom. The van der Waals surface area contributed by atoms with Crippen molar-refractivity contribution in [3.8, 4) is 0 Å². The molecule has 0 aromatic carbocycles. The first-order valence-corrected chi connectivity index (χ1v) is 7.41. The number of hydrogen-bond acceptors (Lipinski definition) is 2. The first-order valence-electron chi connectivity index (χ1n) is 5.82. The van der Waals surface area contributed by atoms with Gasteiger partial charge in [0.2, 0.25) is 0 Å². The summed E-state index contributed by atoms with van der Waals surface area (Å²) in [5.41, 5.74) is -0.541. The van der Waals surface area contributed by atoms with Crippen molar-refractivity contribution >= 4 is 7.68 Å². The van der Waals surface area contributed by atoms with Crippen molar-refractivity contribution in [1.82, 2.24) is 0 Å². The molecule has 0 spiro atoms. The van der Waals surface area contributed by atoms with Crippen molar-refractivity contribution in [3.05, 3.63) is 0 Å². The Morgan fingerprint density at radius 3 is 2.13 bits per heavy atom. The van der Waals surface area contributed by atoms with Crippen molar-refractivity contribution in [3.63, 3.8) is 0 Å². The van der Waals surface area contributed by atoms with Gasteiger partial charge in [0.05, 0.1) is 11.8 Å². The number of hydrogen-bond donors (Lipinski definition) is 0. The van der Waals surface area contributed by atoms with Crippen LogP contribution in [0.2, 0.25) is 0 Å². The van der Waals surface area contributed by atoms with E-state index < -0.39 is 13.3 Å². The van der Waals surface area contributed by atoms with Gasteiger partial charge in [-0.2, -0.15) is 4.20 Å². The molecular weight excluding hydrogens is 214 g/mol. The second-order valence-electron chi connectivity index (χ2n) is 4.43. The zero-order chi connectivity index (χ0) is 12.1. The average Bonchev–Trinajstić information content (AvgIpc) is 2.14. The second-order valence-corrected chi connectivity index (χ2v) is 6.72. The molecule has 92 valence electrons. The van der Waals surface area contributed by atoms with Gasteiger partial charge in [-0.05, 0) is 18.8 Å². The highest BCUT2D eigenvalue weighted by Crippen LogP contribution is 2.55. The minimum atomic E-state index is -3.91. The molecule has 0 aliphatic heterocycles. The van der Waals surface area contributed by atoms with Gasteiger partial charge in [0.15, 0.2) is 0 Å². The van der Waals surface area contributed by atoms with E-state index >= 15 is 0 Å². The summed E-state index contributed by atoms with van der Waals surface area (Å²) in [6.45, 7) is 9.24. The lowest BCUT2D eigenvalue weighted by atomic mass is 9.98. The Labute approximate surface area is 93.2 Å². The molecule has 0 rings (SSSR count). The molecule has 0 bridgehead atoms. The Morgan fingerprint density at radius 1 is 1.27 bits per heavy atom. The molecule has 0 aromatic rings. The molecule has 0 fully saturated rings. The van der Waals surface area contributed by atoms with Crippen LogP contribution in [0, 0.1) is 5.92 Å². The molecule has 4 heteroatoms. The SMILES string of the molecule is CCCC(C)C(CC)OP(=O)(F)C(C)C. The molecule has 0 aliphatic carbocycles. The average molecular weight is 238 g/mol. The molecule has 2 nitrogen and oxygen atoms in total. The van der Waals surface area contributed by atoms with E-state index in [1.165, 1.54) is 0 Å². The maximum atomic E-state index is 13.6. The topological polar surface area (TPSA) is 26.3 Å². The molecule has 0 aliphatic rings. The van der Waals surface area contributed by atoms with E-state index in [0.717, 1.165) is 12.8 Å². The van der Waals surface area contributed by atoms with E-state index in [4.69, 9.17) is 4.52 Å². The van der Waals surface area contributed by atoms with Gasteiger partial charge < -0.3 is 4.52 Å². The highest BCUT2D eigenvalue weighted by Gasteiger charge is 2.32. The molecule has 0 amide bonds. The van der Waals surface area contributed by atoms with Crippen LogP contribution in [0.15, 0.2) is 0 Å². The fourth-order valence-electron chi connectivity index (χ4n) is 1.53. The first kappa shape index (κ1) is 15.1. The summed E-state index contributed by atoms with van der Waals surface area (Å²) in [5.74, 6) is 0.267. The fraction of sp³-hybridized carbons (Fsp3) is 1.00. The van der Waals surface area contributed by atoms with E-state index in [2.05, 4.69) is 6.92 Å². The van der Waals surface area contributed by atoms with Gasteiger partial charge in [0.1, 0.15) is 0 Å². The van der Waals surface area contributed by atoms with Crippen LogP contribution in [0.1, 0.15) is 53.9 Å². The summed E-state index contributed by atoms with van der Waals surface area (Å²) in [6, 6.07) is 0. The molecule has 0 heterocycles. The quantitative estimate of drug-likeness (QED) is 0.596. The van der Waals surface area contributed by atoms with Gasteiger partial charge in [-0.15, -0.1) is 0 Å². The summed E-state index contributed by atoms with van der Waals surface area (Å²) in [4.78, 5) is 0. The van der Waals surface area contributed by atoms with Crippen LogP contribution in [0.25, 0.3) is 0 Å². The second kappa shape index (κ2) is 6.65. The standard InChI is InChI=1S/C11H24FO2P/c1-6-8-10(5)11(7-2)14-15(12,13)9(3)4/h9-11H,6-8H2,1-5H3. The molecule has 0 saturated heterocycles. The van der Waals surface area contributed by atoms with Gasteiger partial charge in [0.25, 0.3) is 0 Å². The number of halogens is 1.